The van der Waals surface area contributed by atoms with Gasteiger partial charge in [0.2, 0.25) is 5.91 Å². The summed E-state index contributed by atoms with van der Waals surface area (Å²) in [6, 6.07) is 8.94. The van der Waals surface area contributed by atoms with Crippen molar-refractivity contribution in [1.29, 1.82) is 0 Å². The zero-order chi connectivity index (χ0) is 21.3. The summed E-state index contributed by atoms with van der Waals surface area (Å²) < 4.78 is 0.735. The fourth-order valence-electron chi connectivity index (χ4n) is 3.85. The molecule has 5 nitrogen and oxygen atoms in total. The zero-order valence-electron chi connectivity index (χ0n) is 17.5. The molecule has 2 heterocycles. The van der Waals surface area contributed by atoms with E-state index in [9.17, 15) is 9.59 Å². The Bertz CT molecular complexity index is 835. The zero-order valence-corrected chi connectivity index (χ0v) is 19.1. The summed E-state index contributed by atoms with van der Waals surface area (Å²) in [5.41, 5.74) is 2.67. The Kier molecular flexibility index (Phi) is 8.75. The number of carbonyl (C=O) groups is 2. The van der Waals surface area contributed by atoms with Gasteiger partial charge >= 0.3 is 5.97 Å². The van der Waals surface area contributed by atoms with Crippen molar-refractivity contribution in [3.8, 4) is 0 Å². The minimum atomic E-state index is -1.00. The second-order valence-electron chi connectivity index (χ2n) is 7.70. The molecule has 1 saturated heterocycles. The molecule has 30 heavy (non-hydrogen) atoms. The van der Waals surface area contributed by atoms with Gasteiger partial charge in [-0.05, 0) is 30.4 Å². The number of likely N-dealkylation sites (tertiary alicyclic amines) is 1. The molecule has 1 unspecified atom stereocenters. The fraction of sp³-hybridized carbons (Fsp3) is 0.522. The number of thiazole rings is 1. The lowest BCUT2D eigenvalue weighted by molar-refractivity contribution is -0.128. The number of nitrogens with zero attached hydrogens (tertiary/aromatic N) is 2. The van der Waals surface area contributed by atoms with E-state index in [0.29, 0.717) is 18.7 Å². The molecule has 162 valence electrons. The number of benzene rings is 1. The molecule has 1 aliphatic rings. The highest BCUT2D eigenvalue weighted by atomic mass is 32.2. The van der Waals surface area contributed by atoms with E-state index in [1.165, 1.54) is 66.3 Å². The molecule has 3 rings (SSSR count). The molecular weight excluding hydrogens is 416 g/mol. The third-order valence-corrected chi connectivity index (χ3v) is 7.52. The second-order valence-corrected chi connectivity index (χ2v) is 9.90. The summed E-state index contributed by atoms with van der Waals surface area (Å²) in [6.45, 7) is 2.89. The van der Waals surface area contributed by atoms with Crippen LogP contribution in [0.15, 0.2) is 34.0 Å². The number of hydrogen-bond acceptors (Lipinski definition) is 5. The van der Waals surface area contributed by atoms with E-state index in [2.05, 4.69) is 36.2 Å². The van der Waals surface area contributed by atoms with Crippen LogP contribution in [0.5, 0.6) is 0 Å². The molecule has 1 atom stereocenters. The van der Waals surface area contributed by atoms with Crippen molar-refractivity contribution in [1.82, 2.24) is 9.88 Å². The van der Waals surface area contributed by atoms with Crippen molar-refractivity contribution in [3.05, 3.63) is 46.5 Å². The van der Waals surface area contributed by atoms with Crippen LogP contribution in [-0.2, 0) is 11.2 Å². The lowest BCUT2D eigenvalue weighted by atomic mass is 10.00. The SMILES string of the molecule is CCCCCCCc1ccc(C2CCC(=O)N2CCSc2nc(C(=O)O)cs2)cc1. The monoisotopic (exact) mass is 446 g/mol. The Morgan fingerprint density at radius 3 is 2.70 bits per heavy atom. The van der Waals surface area contributed by atoms with Gasteiger partial charge in [-0.3, -0.25) is 4.79 Å². The van der Waals surface area contributed by atoms with Gasteiger partial charge in [-0.1, -0.05) is 68.6 Å². The molecular formula is C23H30N2O3S2. The predicted octanol–water partition coefficient (Wildman–Crippen LogP) is 5.81. The topological polar surface area (TPSA) is 70.5 Å². The standard InChI is InChI=1S/C23H30N2O3S2/c1-2-3-4-5-6-7-17-8-10-18(11-9-17)20-12-13-21(26)25(20)14-15-29-23-24-19(16-30-23)22(27)28/h8-11,16,20H,2-7,12-15H2,1H3,(H,27,28). The number of aromatic nitrogens is 1. The van der Waals surface area contributed by atoms with Gasteiger partial charge in [-0.25, -0.2) is 9.78 Å². The summed E-state index contributed by atoms with van der Waals surface area (Å²) in [7, 11) is 0. The maximum atomic E-state index is 12.4. The van der Waals surface area contributed by atoms with Crippen LogP contribution >= 0.6 is 23.1 Å². The quantitative estimate of drug-likeness (QED) is 0.329. The minimum absolute atomic E-state index is 0.0862. The Balaban J connectivity index is 1.50. The largest absolute Gasteiger partial charge is 0.476 e. The number of carbonyl (C=O) groups excluding carboxylic acids is 1. The maximum Gasteiger partial charge on any atom is 0.355 e. The van der Waals surface area contributed by atoms with Crippen LogP contribution in [0.2, 0.25) is 0 Å². The first-order valence-corrected chi connectivity index (χ1v) is 12.6. The molecule has 1 aromatic heterocycles. The molecule has 0 saturated carbocycles. The summed E-state index contributed by atoms with van der Waals surface area (Å²) in [4.78, 5) is 29.4. The van der Waals surface area contributed by atoms with Crippen LogP contribution in [0.1, 0.15) is 79.5 Å². The first-order valence-electron chi connectivity index (χ1n) is 10.8. The Hall–Kier alpha value is -1.86. The van der Waals surface area contributed by atoms with E-state index in [0.717, 1.165) is 17.2 Å². The van der Waals surface area contributed by atoms with Crippen molar-refractivity contribution in [2.24, 2.45) is 0 Å². The van der Waals surface area contributed by atoms with E-state index in [1.54, 1.807) is 5.38 Å². The second kappa shape index (κ2) is 11.5. The van der Waals surface area contributed by atoms with Gasteiger partial charge < -0.3 is 10.0 Å². The average Bonchev–Trinajstić information content (AvgIpc) is 3.36. The van der Waals surface area contributed by atoms with Crippen molar-refractivity contribution < 1.29 is 14.7 Å². The third kappa shape index (κ3) is 6.32. The highest BCUT2D eigenvalue weighted by Crippen LogP contribution is 2.34. The van der Waals surface area contributed by atoms with Crippen LogP contribution in [0, 0.1) is 0 Å². The number of hydrogen-bond donors (Lipinski definition) is 1. The number of carboxylic acid groups (broad SMARTS) is 1. The summed E-state index contributed by atoms with van der Waals surface area (Å²) in [5.74, 6) is -0.0896. The van der Waals surface area contributed by atoms with Crippen molar-refractivity contribution in [3.63, 3.8) is 0 Å². The van der Waals surface area contributed by atoms with Crippen LogP contribution < -0.4 is 0 Å². The Morgan fingerprint density at radius 2 is 2.00 bits per heavy atom. The lowest BCUT2D eigenvalue weighted by Gasteiger charge is -2.25. The van der Waals surface area contributed by atoms with E-state index in [-0.39, 0.29) is 17.6 Å². The van der Waals surface area contributed by atoms with E-state index < -0.39 is 5.97 Å². The predicted molar refractivity (Wildman–Crippen MR) is 122 cm³/mol. The summed E-state index contributed by atoms with van der Waals surface area (Å²) in [5, 5.41) is 10.5. The average molecular weight is 447 g/mol. The fourth-order valence-corrected chi connectivity index (χ4v) is 5.66. The molecule has 1 fully saturated rings. The van der Waals surface area contributed by atoms with Gasteiger partial charge in [0, 0.05) is 24.1 Å². The van der Waals surface area contributed by atoms with Crippen molar-refractivity contribution >= 4 is 35.0 Å². The van der Waals surface area contributed by atoms with E-state index in [1.807, 2.05) is 4.90 Å². The van der Waals surface area contributed by atoms with Gasteiger partial charge in [-0.2, -0.15) is 0 Å². The van der Waals surface area contributed by atoms with Gasteiger partial charge in [-0.15, -0.1) is 11.3 Å². The Morgan fingerprint density at radius 1 is 1.23 bits per heavy atom. The highest BCUT2D eigenvalue weighted by molar-refractivity contribution is 8.01. The van der Waals surface area contributed by atoms with Gasteiger partial charge in [0.05, 0.1) is 6.04 Å². The molecule has 1 N–H and O–H groups in total. The molecule has 0 aliphatic carbocycles. The lowest BCUT2D eigenvalue weighted by Crippen LogP contribution is -2.29. The first kappa shape index (κ1) is 22.8. The number of carboxylic acids is 1. The summed E-state index contributed by atoms with van der Waals surface area (Å²) >= 11 is 2.85. The van der Waals surface area contributed by atoms with Crippen LogP contribution in [0.4, 0.5) is 0 Å². The molecule has 1 aromatic carbocycles. The van der Waals surface area contributed by atoms with Gasteiger partial charge in [0.15, 0.2) is 10.0 Å². The molecule has 2 aromatic rings. The van der Waals surface area contributed by atoms with Crippen LogP contribution in [0.3, 0.4) is 0 Å². The molecule has 0 radical (unpaired) electrons. The summed E-state index contributed by atoms with van der Waals surface area (Å²) in [6.07, 6.45) is 9.04. The number of rotatable bonds is 12. The minimum Gasteiger partial charge on any atom is -0.476 e. The van der Waals surface area contributed by atoms with Crippen molar-refractivity contribution in [2.45, 2.75) is 68.7 Å². The highest BCUT2D eigenvalue weighted by Gasteiger charge is 2.31. The van der Waals surface area contributed by atoms with Gasteiger partial charge in [0.1, 0.15) is 0 Å². The number of aryl methyl sites for hydroxylation is 1. The number of unbranched alkanes of at least 4 members (excludes halogenated alkanes) is 4. The number of thioether (sulfide) groups is 1. The molecule has 7 heteroatoms. The number of aromatic carboxylic acids is 1. The van der Waals surface area contributed by atoms with Gasteiger partial charge in [0.25, 0.3) is 0 Å². The normalized spacial score (nSPS) is 16.4. The van der Waals surface area contributed by atoms with Crippen molar-refractivity contribution in [2.75, 3.05) is 12.3 Å². The van der Waals surface area contributed by atoms with Crippen LogP contribution in [-0.4, -0.2) is 39.2 Å². The van der Waals surface area contributed by atoms with E-state index in [4.69, 9.17) is 5.11 Å². The van der Waals surface area contributed by atoms with Crippen LogP contribution in [0.25, 0.3) is 0 Å². The number of amides is 1. The maximum absolute atomic E-state index is 12.4. The molecule has 1 aliphatic heterocycles. The molecule has 0 bridgehead atoms. The first-order chi connectivity index (χ1) is 14.6. The Labute approximate surface area is 186 Å². The molecule has 1 amide bonds. The third-order valence-electron chi connectivity index (χ3n) is 5.52. The smallest absolute Gasteiger partial charge is 0.355 e. The van der Waals surface area contributed by atoms with E-state index >= 15 is 0 Å². The molecule has 0 spiro atoms.